The second kappa shape index (κ2) is 8.75. The molecule has 1 aliphatic rings. The van der Waals surface area contributed by atoms with Crippen molar-refractivity contribution in [2.45, 2.75) is 25.6 Å². The van der Waals surface area contributed by atoms with E-state index in [9.17, 15) is 22.4 Å². The first-order valence-electron chi connectivity index (χ1n) is 10.8. The summed E-state index contributed by atoms with van der Waals surface area (Å²) in [6.07, 6.45) is -1.20. The average molecular weight is 501 g/mol. The van der Waals surface area contributed by atoms with Gasteiger partial charge in [-0.05, 0) is 48.9 Å². The fraction of sp³-hybridized carbons (Fsp3) is 0.217. The number of carbonyl (C=O) groups is 1. The van der Waals surface area contributed by atoms with E-state index in [0.717, 1.165) is 22.8 Å². The van der Waals surface area contributed by atoms with E-state index in [1.165, 1.54) is 4.52 Å². The van der Waals surface area contributed by atoms with Crippen molar-refractivity contribution in [1.29, 1.82) is 0 Å². The second-order valence-corrected chi connectivity index (χ2v) is 8.21. The van der Waals surface area contributed by atoms with Crippen LogP contribution >= 0.6 is 0 Å². The maximum atomic E-state index is 14.0. The van der Waals surface area contributed by atoms with Crippen LogP contribution in [0.15, 0.2) is 48.8 Å². The van der Waals surface area contributed by atoms with Gasteiger partial charge < -0.3 is 11.1 Å². The summed E-state index contributed by atoms with van der Waals surface area (Å²) < 4.78 is 55.0. The fourth-order valence-corrected chi connectivity index (χ4v) is 4.00. The van der Waals surface area contributed by atoms with Crippen LogP contribution in [0.4, 0.5) is 34.0 Å². The molecule has 0 bridgehead atoms. The molecule has 1 atom stereocenters. The number of halogens is 4. The normalized spacial score (nSPS) is 16.0. The van der Waals surface area contributed by atoms with E-state index in [4.69, 9.17) is 10.6 Å². The molecule has 1 aromatic carbocycles. The standard InChI is InChI=1S/C23H19F4N7O2/c1-12-18(8-15(10-29-12)13-2-3-20-31-21(28)32-33(20)11-13)30-22(35)34-19(4-5-36-34)14-6-16(23(25,26)27)9-17(24)7-14/h2-3,6-11,19H,4-5H2,1H3,(H2,28,32)(H,30,35). The van der Waals surface area contributed by atoms with E-state index < -0.39 is 29.6 Å². The van der Waals surface area contributed by atoms with Gasteiger partial charge in [-0.25, -0.2) is 13.7 Å². The Labute approximate surface area is 201 Å². The Balaban J connectivity index is 1.40. The number of nitrogen functional groups attached to an aromatic ring is 1. The molecule has 0 aliphatic carbocycles. The molecule has 4 heterocycles. The largest absolute Gasteiger partial charge is 0.416 e. The highest BCUT2D eigenvalue weighted by atomic mass is 19.4. The molecule has 1 saturated heterocycles. The summed E-state index contributed by atoms with van der Waals surface area (Å²) in [7, 11) is 0. The molecule has 4 aromatic rings. The van der Waals surface area contributed by atoms with E-state index >= 15 is 0 Å². The van der Waals surface area contributed by atoms with Crippen LogP contribution in [-0.4, -0.2) is 37.3 Å². The quantitative estimate of drug-likeness (QED) is 0.392. The average Bonchev–Trinajstić information content (AvgIpc) is 3.45. The van der Waals surface area contributed by atoms with Crippen molar-refractivity contribution >= 4 is 23.3 Å². The Morgan fingerprint density at radius 1 is 1.19 bits per heavy atom. The van der Waals surface area contributed by atoms with Crippen molar-refractivity contribution in [3.05, 3.63) is 71.4 Å². The van der Waals surface area contributed by atoms with Gasteiger partial charge in [0.1, 0.15) is 5.82 Å². The number of hydrogen-bond acceptors (Lipinski definition) is 6. The van der Waals surface area contributed by atoms with Gasteiger partial charge in [0.15, 0.2) is 5.65 Å². The number of fused-ring (bicyclic) bond motifs is 1. The molecule has 1 fully saturated rings. The molecular weight excluding hydrogens is 482 g/mol. The zero-order chi connectivity index (χ0) is 25.6. The number of hydroxylamine groups is 2. The van der Waals surface area contributed by atoms with E-state index in [-0.39, 0.29) is 24.5 Å². The Hall–Kier alpha value is -4.26. The van der Waals surface area contributed by atoms with Gasteiger partial charge in [0.2, 0.25) is 5.95 Å². The third kappa shape index (κ3) is 4.52. The van der Waals surface area contributed by atoms with Crippen LogP contribution in [0.5, 0.6) is 0 Å². The third-order valence-corrected chi connectivity index (χ3v) is 5.75. The van der Waals surface area contributed by atoms with Crippen LogP contribution in [0, 0.1) is 12.7 Å². The molecule has 9 nitrogen and oxygen atoms in total. The van der Waals surface area contributed by atoms with E-state index in [1.807, 2.05) is 0 Å². The van der Waals surface area contributed by atoms with Gasteiger partial charge in [-0.3, -0.25) is 9.82 Å². The minimum absolute atomic E-state index is 0.0148. The van der Waals surface area contributed by atoms with Crippen LogP contribution < -0.4 is 11.1 Å². The summed E-state index contributed by atoms with van der Waals surface area (Å²) in [6.45, 7) is 1.76. The second-order valence-electron chi connectivity index (χ2n) is 8.21. The Morgan fingerprint density at radius 2 is 2.00 bits per heavy atom. The Kier molecular flexibility index (Phi) is 5.71. The van der Waals surface area contributed by atoms with Gasteiger partial charge in [0.05, 0.1) is 29.6 Å². The molecular formula is C23H19F4N7O2. The summed E-state index contributed by atoms with van der Waals surface area (Å²) in [5, 5.41) is 7.69. The maximum absolute atomic E-state index is 14.0. The highest BCUT2D eigenvalue weighted by molar-refractivity contribution is 5.90. The fourth-order valence-electron chi connectivity index (χ4n) is 4.00. The van der Waals surface area contributed by atoms with Gasteiger partial charge in [0.25, 0.3) is 0 Å². The number of nitrogens with one attached hydrogen (secondary N) is 1. The lowest BCUT2D eigenvalue weighted by Gasteiger charge is -2.24. The van der Waals surface area contributed by atoms with Crippen molar-refractivity contribution in [2.24, 2.45) is 0 Å². The third-order valence-electron chi connectivity index (χ3n) is 5.75. The Bertz CT molecular complexity index is 1470. The molecule has 0 radical (unpaired) electrons. The predicted octanol–water partition coefficient (Wildman–Crippen LogP) is 4.75. The zero-order valence-electron chi connectivity index (χ0n) is 18.8. The van der Waals surface area contributed by atoms with Gasteiger partial charge >= 0.3 is 12.2 Å². The SMILES string of the molecule is Cc1ncc(-c2ccc3nc(N)nn3c2)cc1NC(=O)N1OCCC1c1cc(F)cc(C(F)(F)F)c1. The highest BCUT2D eigenvalue weighted by Gasteiger charge is 2.36. The molecule has 0 spiro atoms. The maximum Gasteiger partial charge on any atom is 0.416 e. The summed E-state index contributed by atoms with van der Waals surface area (Å²) in [4.78, 5) is 26.8. The molecule has 3 aromatic heterocycles. The molecule has 3 N–H and O–H groups in total. The van der Waals surface area contributed by atoms with Crippen LogP contribution in [0.3, 0.4) is 0 Å². The molecule has 2 amide bonds. The molecule has 0 saturated carbocycles. The Morgan fingerprint density at radius 3 is 2.78 bits per heavy atom. The number of anilines is 2. The first-order chi connectivity index (χ1) is 17.1. The molecule has 186 valence electrons. The molecule has 13 heteroatoms. The van der Waals surface area contributed by atoms with Gasteiger partial charge in [-0.15, -0.1) is 5.10 Å². The number of carbonyl (C=O) groups excluding carboxylic acids is 1. The molecule has 5 rings (SSSR count). The smallest absolute Gasteiger partial charge is 0.366 e. The number of nitrogens with zero attached hydrogens (tertiary/aromatic N) is 5. The first kappa shape index (κ1) is 23.5. The van der Waals surface area contributed by atoms with E-state index in [0.29, 0.717) is 28.7 Å². The summed E-state index contributed by atoms with van der Waals surface area (Å²) in [6, 6.07) is 5.79. The zero-order valence-corrected chi connectivity index (χ0v) is 18.8. The number of pyridine rings is 2. The highest BCUT2D eigenvalue weighted by Crippen LogP contribution is 2.36. The molecule has 36 heavy (non-hydrogen) atoms. The van der Waals surface area contributed by atoms with Gasteiger partial charge in [-0.1, -0.05) is 0 Å². The number of alkyl halides is 3. The van der Waals surface area contributed by atoms with Crippen molar-refractivity contribution < 1.29 is 27.2 Å². The number of rotatable bonds is 3. The monoisotopic (exact) mass is 501 g/mol. The van der Waals surface area contributed by atoms with Crippen LogP contribution in [0.1, 0.15) is 29.3 Å². The number of nitrogens with two attached hydrogens (primary N) is 1. The van der Waals surface area contributed by atoms with Crippen molar-refractivity contribution in [3.63, 3.8) is 0 Å². The lowest BCUT2D eigenvalue weighted by Crippen LogP contribution is -2.34. The minimum Gasteiger partial charge on any atom is -0.366 e. The minimum atomic E-state index is -4.73. The topological polar surface area (TPSA) is 111 Å². The van der Waals surface area contributed by atoms with Crippen LogP contribution in [0.2, 0.25) is 0 Å². The number of aromatic nitrogens is 4. The molecule has 1 unspecified atom stereocenters. The number of amides is 2. The van der Waals surface area contributed by atoms with E-state index in [1.54, 1.807) is 37.5 Å². The van der Waals surface area contributed by atoms with Gasteiger partial charge in [-0.2, -0.15) is 23.2 Å². The summed E-state index contributed by atoms with van der Waals surface area (Å²) in [5.41, 5.74) is 7.29. The predicted molar refractivity (Wildman–Crippen MR) is 121 cm³/mol. The summed E-state index contributed by atoms with van der Waals surface area (Å²) in [5.74, 6) is -0.922. The number of hydrogen-bond donors (Lipinski definition) is 2. The van der Waals surface area contributed by atoms with Crippen molar-refractivity contribution in [3.8, 4) is 11.1 Å². The first-order valence-corrected chi connectivity index (χ1v) is 10.8. The van der Waals surface area contributed by atoms with E-state index in [2.05, 4.69) is 20.4 Å². The van der Waals surface area contributed by atoms with Crippen molar-refractivity contribution in [2.75, 3.05) is 17.7 Å². The summed E-state index contributed by atoms with van der Waals surface area (Å²) >= 11 is 0. The number of urea groups is 1. The molecule has 1 aliphatic heterocycles. The van der Waals surface area contributed by atoms with Crippen LogP contribution in [-0.2, 0) is 11.0 Å². The van der Waals surface area contributed by atoms with Gasteiger partial charge in [0, 0.05) is 29.9 Å². The van der Waals surface area contributed by atoms with Crippen LogP contribution in [0.25, 0.3) is 16.8 Å². The van der Waals surface area contributed by atoms with Crippen molar-refractivity contribution in [1.82, 2.24) is 24.6 Å². The lowest BCUT2D eigenvalue weighted by molar-refractivity contribution is -0.138. The number of aryl methyl sites for hydroxylation is 1. The number of benzene rings is 1. The lowest BCUT2D eigenvalue weighted by atomic mass is 10.0.